The van der Waals surface area contributed by atoms with Crippen LogP contribution in [0.1, 0.15) is 6.42 Å². The summed E-state index contributed by atoms with van der Waals surface area (Å²) in [5.74, 6) is 1.06. The van der Waals surface area contributed by atoms with Crippen molar-refractivity contribution in [3.8, 4) is 0 Å². The lowest BCUT2D eigenvalue weighted by Crippen LogP contribution is -2.52. The summed E-state index contributed by atoms with van der Waals surface area (Å²) >= 11 is 0. The molecule has 0 saturated carbocycles. The van der Waals surface area contributed by atoms with Crippen molar-refractivity contribution in [1.82, 2.24) is 9.62 Å². The second-order valence-corrected chi connectivity index (χ2v) is 6.19. The Labute approximate surface area is 79.4 Å². The third-order valence-electron chi connectivity index (χ3n) is 2.93. The quantitative estimate of drug-likeness (QED) is 0.626. The summed E-state index contributed by atoms with van der Waals surface area (Å²) in [5, 5.41) is 3.34. The predicted molar refractivity (Wildman–Crippen MR) is 50.9 cm³/mol. The van der Waals surface area contributed by atoms with Crippen LogP contribution in [0.5, 0.6) is 0 Å². The zero-order valence-electron chi connectivity index (χ0n) is 7.86. The first-order valence-corrected chi connectivity index (χ1v) is 6.56. The second kappa shape index (κ2) is 3.22. The van der Waals surface area contributed by atoms with Crippen molar-refractivity contribution in [2.24, 2.45) is 11.8 Å². The molecule has 2 bridgehead atoms. The highest BCUT2D eigenvalue weighted by Gasteiger charge is 2.33. The SMILES string of the molecule is CS(=O)(=O)N1CC2CNCC(C2)C1. The Hall–Kier alpha value is -0.130. The summed E-state index contributed by atoms with van der Waals surface area (Å²) in [6.07, 6.45) is 2.50. The fourth-order valence-corrected chi connectivity index (χ4v) is 3.29. The molecule has 1 N–H and O–H groups in total. The van der Waals surface area contributed by atoms with Crippen molar-refractivity contribution >= 4 is 10.0 Å². The van der Waals surface area contributed by atoms with E-state index in [9.17, 15) is 8.42 Å². The van der Waals surface area contributed by atoms with Crippen LogP contribution in [-0.2, 0) is 10.0 Å². The molecule has 76 valence electrons. The van der Waals surface area contributed by atoms with Crippen LogP contribution in [-0.4, -0.2) is 45.2 Å². The van der Waals surface area contributed by atoms with Crippen LogP contribution in [0.15, 0.2) is 0 Å². The number of hydrogen-bond donors (Lipinski definition) is 1. The molecular weight excluding hydrogens is 188 g/mol. The lowest BCUT2D eigenvalue weighted by Gasteiger charge is -2.40. The molecule has 2 atom stereocenters. The molecule has 2 aliphatic heterocycles. The minimum Gasteiger partial charge on any atom is -0.316 e. The molecule has 2 heterocycles. The van der Waals surface area contributed by atoms with Gasteiger partial charge in [0.15, 0.2) is 0 Å². The van der Waals surface area contributed by atoms with Crippen LogP contribution in [0.3, 0.4) is 0 Å². The van der Waals surface area contributed by atoms with Crippen molar-refractivity contribution in [3.63, 3.8) is 0 Å². The molecule has 2 saturated heterocycles. The summed E-state index contributed by atoms with van der Waals surface area (Å²) < 4.78 is 24.3. The molecule has 0 amide bonds. The van der Waals surface area contributed by atoms with Gasteiger partial charge in [0.05, 0.1) is 6.26 Å². The third kappa shape index (κ3) is 2.03. The van der Waals surface area contributed by atoms with E-state index in [1.165, 1.54) is 12.7 Å². The van der Waals surface area contributed by atoms with Crippen LogP contribution >= 0.6 is 0 Å². The topological polar surface area (TPSA) is 49.4 Å². The highest BCUT2D eigenvalue weighted by Crippen LogP contribution is 2.25. The van der Waals surface area contributed by atoms with Crippen molar-refractivity contribution in [2.45, 2.75) is 6.42 Å². The Morgan fingerprint density at radius 2 is 1.77 bits per heavy atom. The lowest BCUT2D eigenvalue weighted by atomic mass is 9.87. The molecule has 2 fully saturated rings. The largest absolute Gasteiger partial charge is 0.316 e. The van der Waals surface area contributed by atoms with E-state index in [0.717, 1.165) is 13.1 Å². The first-order chi connectivity index (χ1) is 6.05. The fourth-order valence-electron chi connectivity index (χ4n) is 2.33. The van der Waals surface area contributed by atoms with Crippen molar-refractivity contribution in [2.75, 3.05) is 32.4 Å². The molecule has 0 aromatic carbocycles. The van der Waals surface area contributed by atoms with Gasteiger partial charge in [0.2, 0.25) is 10.0 Å². The summed E-state index contributed by atoms with van der Waals surface area (Å²) in [4.78, 5) is 0. The number of rotatable bonds is 1. The van der Waals surface area contributed by atoms with Gasteiger partial charge in [0.25, 0.3) is 0 Å². The van der Waals surface area contributed by atoms with Gasteiger partial charge in [-0.2, -0.15) is 0 Å². The van der Waals surface area contributed by atoms with Crippen LogP contribution in [0, 0.1) is 11.8 Å². The minimum absolute atomic E-state index is 0.530. The monoisotopic (exact) mass is 204 g/mol. The Morgan fingerprint density at radius 3 is 2.23 bits per heavy atom. The van der Waals surface area contributed by atoms with Crippen LogP contribution in [0.2, 0.25) is 0 Å². The van der Waals surface area contributed by atoms with Crippen LogP contribution in [0.25, 0.3) is 0 Å². The highest BCUT2D eigenvalue weighted by atomic mass is 32.2. The molecule has 0 spiro atoms. The molecule has 2 unspecified atom stereocenters. The zero-order valence-corrected chi connectivity index (χ0v) is 8.68. The molecule has 2 rings (SSSR count). The predicted octanol–water partition coefficient (Wildman–Crippen LogP) is -0.513. The maximum absolute atomic E-state index is 11.3. The molecule has 0 aromatic heterocycles. The molecular formula is C8H16N2O2S. The summed E-state index contributed by atoms with van der Waals surface area (Å²) in [6.45, 7) is 3.37. The van der Waals surface area contributed by atoms with E-state index < -0.39 is 10.0 Å². The number of piperidine rings is 2. The van der Waals surface area contributed by atoms with Crippen molar-refractivity contribution < 1.29 is 8.42 Å². The Morgan fingerprint density at radius 1 is 1.23 bits per heavy atom. The number of fused-ring (bicyclic) bond motifs is 2. The van der Waals surface area contributed by atoms with E-state index in [4.69, 9.17) is 0 Å². The van der Waals surface area contributed by atoms with Gasteiger partial charge in [0, 0.05) is 13.1 Å². The standard InChI is InChI=1S/C8H16N2O2S/c1-13(11,12)10-5-7-2-8(6-10)4-9-3-7/h7-9H,2-6H2,1H3. The zero-order chi connectivity index (χ0) is 9.47. The molecule has 13 heavy (non-hydrogen) atoms. The normalized spacial score (nSPS) is 36.1. The summed E-state index contributed by atoms with van der Waals surface area (Å²) in [6, 6.07) is 0. The van der Waals surface area contributed by atoms with E-state index >= 15 is 0 Å². The van der Waals surface area contributed by atoms with Gasteiger partial charge in [-0.15, -0.1) is 0 Å². The van der Waals surface area contributed by atoms with Crippen LogP contribution in [0.4, 0.5) is 0 Å². The Balaban J connectivity index is 2.10. The lowest BCUT2D eigenvalue weighted by molar-refractivity contribution is 0.159. The van der Waals surface area contributed by atoms with Gasteiger partial charge >= 0.3 is 0 Å². The molecule has 4 nitrogen and oxygen atoms in total. The second-order valence-electron chi connectivity index (χ2n) is 4.21. The number of nitrogens with one attached hydrogen (secondary N) is 1. The number of sulfonamides is 1. The fraction of sp³-hybridized carbons (Fsp3) is 1.00. The molecule has 5 heteroatoms. The average molecular weight is 204 g/mol. The molecule has 0 aromatic rings. The van der Waals surface area contributed by atoms with Crippen molar-refractivity contribution in [1.29, 1.82) is 0 Å². The molecule has 0 radical (unpaired) electrons. The molecule has 0 aliphatic carbocycles. The van der Waals surface area contributed by atoms with Gasteiger partial charge in [-0.1, -0.05) is 0 Å². The number of nitrogens with zero attached hydrogens (tertiary/aromatic N) is 1. The average Bonchev–Trinajstić information content (AvgIpc) is 2.01. The first-order valence-electron chi connectivity index (χ1n) is 4.71. The van der Waals surface area contributed by atoms with Gasteiger partial charge < -0.3 is 5.32 Å². The van der Waals surface area contributed by atoms with Gasteiger partial charge in [-0.3, -0.25) is 0 Å². The van der Waals surface area contributed by atoms with E-state index in [1.54, 1.807) is 4.31 Å². The maximum Gasteiger partial charge on any atom is 0.211 e. The minimum atomic E-state index is -2.96. The number of hydrogen-bond acceptors (Lipinski definition) is 3. The van der Waals surface area contributed by atoms with Gasteiger partial charge in [-0.25, -0.2) is 12.7 Å². The van der Waals surface area contributed by atoms with E-state index in [1.807, 2.05) is 0 Å². The Bertz CT molecular complexity index is 277. The van der Waals surface area contributed by atoms with Crippen LogP contribution < -0.4 is 5.32 Å². The summed E-state index contributed by atoms with van der Waals surface area (Å²) in [5.41, 5.74) is 0. The highest BCUT2D eigenvalue weighted by molar-refractivity contribution is 7.88. The maximum atomic E-state index is 11.3. The van der Waals surface area contributed by atoms with Gasteiger partial charge in [0.1, 0.15) is 0 Å². The van der Waals surface area contributed by atoms with Crippen molar-refractivity contribution in [3.05, 3.63) is 0 Å². The summed E-state index contributed by atoms with van der Waals surface area (Å²) in [7, 11) is -2.96. The smallest absolute Gasteiger partial charge is 0.211 e. The third-order valence-corrected chi connectivity index (χ3v) is 4.16. The first kappa shape index (κ1) is 9.43. The van der Waals surface area contributed by atoms with Gasteiger partial charge in [-0.05, 0) is 31.3 Å². The van der Waals surface area contributed by atoms with E-state index in [-0.39, 0.29) is 0 Å². The van der Waals surface area contributed by atoms with E-state index in [0.29, 0.717) is 24.9 Å². The van der Waals surface area contributed by atoms with E-state index in [2.05, 4.69) is 5.32 Å². The Kier molecular flexibility index (Phi) is 2.33. The molecule has 2 aliphatic rings.